The first-order valence-corrected chi connectivity index (χ1v) is 8.46. The SMILES string of the molecule is CC(C)CC1CCCCCCC1N(C)CCCCO. The highest BCUT2D eigenvalue weighted by atomic mass is 16.2. The largest absolute Gasteiger partial charge is 0.396 e. The molecule has 0 aromatic rings. The minimum Gasteiger partial charge on any atom is -0.396 e. The third-order valence-electron chi connectivity index (χ3n) is 4.63. The van der Waals surface area contributed by atoms with Gasteiger partial charge in [0.25, 0.3) is 0 Å². The van der Waals surface area contributed by atoms with Crippen LogP contribution in [0.3, 0.4) is 0 Å². The molecule has 19 heavy (non-hydrogen) atoms. The molecule has 2 nitrogen and oxygen atoms in total. The molecule has 1 aliphatic carbocycles. The van der Waals surface area contributed by atoms with Crippen molar-refractivity contribution < 1.29 is 5.11 Å². The van der Waals surface area contributed by atoms with Gasteiger partial charge in [-0.2, -0.15) is 0 Å². The van der Waals surface area contributed by atoms with Crippen LogP contribution in [0.2, 0.25) is 0 Å². The summed E-state index contributed by atoms with van der Waals surface area (Å²) < 4.78 is 0. The fourth-order valence-corrected chi connectivity index (χ4v) is 3.64. The first kappa shape index (κ1) is 17.0. The van der Waals surface area contributed by atoms with Crippen LogP contribution in [0.4, 0.5) is 0 Å². The van der Waals surface area contributed by atoms with Gasteiger partial charge in [-0.3, -0.25) is 0 Å². The molecule has 0 radical (unpaired) electrons. The molecule has 2 unspecified atom stereocenters. The van der Waals surface area contributed by atoms with Crippen molar-refractivity contribution in [1.82, 2.24) is 4.90 Å². The number of nitrogens with zero attached hydrogens (tertiary/aromatic N) is 1. The Morgan fingerprint density at radius 3 is 2.37 bits per heavy atom. The van der Waals surface area contributed by atoms with E-state index in [4.69, 9.17) is 5.11 Å². The van der Waals surface area contributed by atoms with Crippen molar-refractivity contribution in [1.29, 1.82) is 0 Å². The van der Waals surface area contributed by atoms with E-state index in [0.717, 1.165) is 37.3 Å². The van der Waals surface area contributed by atoms with Gasteiger partial charge in [0.1, 0.15) is 0 Å². The Morgan fingerprint density at radius 1 is 1.05 bits per heavy atom. The second-order valence-corrected chi connectivity index (χ2v) is 6.86. The fraction of sp³-hybridized carbons (Fsp3) is 1.00. The molecule has 1 fully saturated rings. The molecule has 0 aromatic heterocycles. The van der Waals surface area contributed by atoms with Crippen LogP contribution in [0.5, 0.6) is 0 Å². The molecule has 2 atom stereocenters. The van der Waals surface area contributed by atoms with Gasteiger partial charge in [-0.25, -0.2) is 0 Å². The van der Waals surface area contributed by atoms with Gasteiger partial charge in [-0.05, 0) is 57.5 Å². The Morgan fingerprint density at radius 2 is 1.74 bits per heavy atom. The lowest BCUT2D eigenvalue weighted by Crippen LogP contribution is -2.39. The van der Waals surface area contributed by atoms with E-state index in [-0.39, 0.29) is 0 Å². The van der Waals surface area contributed by atoms with E-state index in [1.54, 1.807) is 0 Å². The smallest absolute Gasteiger partial charge is 0.0431 e. The van der Waals surface area contributed by atoms with E-state index < -0.39 is 0 Å². The van der Waals surface area contributed by atoms with Crippen molar-refractivity contribution in [2.75, 3.05) is 20.2 Å². The summed E-state index contributed by atoms with van der Waals surface area (Å²) >= 11 is 0. The van der Waals surface area contributed by atoms with Gasteiger partial charge in [0, 0.05) is 12.6 Å². The third-order valence-corrected chi connectivity index (χ3v) is 4.63. The van der Waals surface area contributed by atoms with Gasteiger partial charge in [0.2, 0.25) is 0 Å². The van der Waals surface area contributed by atoms with Gasteiger partial charge in [-0.1, -0.05) is 39.5 Å². The third kappa shape index (κ3) is 6.76. The second kappa shape index (κ2) is 9.77. The predicted octanol–water partition coefficient (Wildman–Crippen LogP) is 4.08. The van der Waals surface area contributed by atoms with E-state index in [1.165, 1.54) is 44.9 Å². The molecule has 0 aliphatic heterocycles. The van der Waals surface area contributed by atoms with E-state index in [9.17, 15) is 0 Å². The molecule has 0 aromatic carbocycles. The first-order chi connectivity index (χ1) is 9.15. The van der Waals surface area contributed by atoms with Crippen LogP contribution >= 0.6 is 0 Å². The van der Waals surface area contributed by atoms with Crippen LogP contribution < -0.4 is 0 Å². The number of unbranched alkanes of at least 4 members (excludes halogenated alkanes) is 1. The summed E-state index contributed by atoms with van der Waals surface area (Å²) in [4.78, 5) is 2.59. The monoisotopic (exact) mass is 269 g/mol. The highest BCUT2D eigenvalue weighted by Gasteiger charge is 2.26. The molecule has 1 rings (SSSR count). The highest BCUT2D eigenvalue weighted by Crippen LogP contribution is 2.30. The Bertz CT molecular complexity index is 217. The molecule has 0 saturated heterocycles. The summed E-state index contributed by atoms with van der Waals surface area (Å²) in [5, 5.41) is 8.92. The van der Waals surface area contributed by atoms with Gasteiger partial charge in [-0.15, -0.1) is 0 Å². The summed E-state index contributed by atoms with van der Waals surface area (Å²) in [6.07, 6.45) is 12.0. The van der Waals surface area contributed by atoms with Gasteiger partial charge < -0.3 is 10.0 Å². The molecule has 1 aliphatic rings. The molecular formula is C17H35NO. The average Bonchev–Trinajstić information content (AvgIpc) is 2.32. The Kier molecular flexibility index (Phi) is 8.72. The van der Waals surface area contributed by atoms with Crippen molar-refractivity contribution in [3.63, 3.8) is 0 Å². The van der Waals surface area contributed by atoms with Crippen LogP contribution in [0, 0.1) is 11.8 Å². The Labute approximate surface area is 120 Å². The van der Waals surface area contributed by atoms with Crippen LogP contribution in [0.1, 0.15) is 71.6 Å². The van der Waals surface area contributed by atoms with E-state index in [0.29, 0.717) is 6.61 Å². The molecule has 1 saturated carbocycles. The van der Waals surface area contributed by atoms with Crippen LogP contribution in [0.25, 0.3) is 0 Å². The summed E-state index contributed by atoms with van der Waals surface area (Å²) in [6.45, 7) is 6.22. The van der Waals surface area contributed by atoms with Crippen molar-refractivity contribution >= 4 is 0 Å². The maximum atomic E-state index is 8.92. The Hall–Kier alpha value is -0.0800. The average molecular weight is 269 g/mol. The zero-order valence-corrected chi connectivity index (χ0v) is 13.4. The van der Waals surface area contributed by atoms with E-state index in [1.807, 2.05) is 0 Å². The zero-order valence-electron chi connectivity index (χ0n) is 13.4. The quantitative estimate of drug-likeness (QED) is 0.704. The summed E-state index contributed by atoms with van der Waals surface area (Å²) in [6, 6.07) is 0.779. The summed E-state index contributed by atoms with van der Waals surface area (Å²) in [5.41, 5.74) is 0. The molecule has 2 heteroatoms. The number of hydrogen-bond acceptors (Lipinski definition) is 2. The van der Waals surface area contributed by atoms with Crippen molar-refractivity contribution in [2.45, 2.75) is 77.7 Å². The highest BCUT2D eigenvalue weighted by molar-refractivity contribution is 4.80. The number of aliphatic hydroxyl groups is 1. The lowest BCUT2D eigenvalue weighted by atomic mass is 9.81. The Balaban J connectivity index is 2.53. The maximum Gasteiger partial charge on any atom is 0.0431 e. The molecule has 0 bridgehead atoms. The van der Waals surface area contributed by atoms with Crippen LogP contribution in [-0.2, 0) is 0 Å². The lowest BCUT2D eigenvalue weighted by Gasteiger charge is -2.37. The van der Waals surface area contributed by atoms with Gasteiger partial charge in [0.05, 0.1) is 0 Å². The van der Waals surface area contributed by atoms with Crippen LogP contribution in [0.15, 0.2) is 0 Å². The zero-order chi connectivity index (χ0) is 14.1. The van der Waals surface area contributed by atoms with E-state index in [2.05, 4.69) is 25.8 Å². The number of rotatable bonds is 7. The van der Waals surface area contributed by atoms with E-state index >= 15 is 0 Å². The number of aliphatic hydroxyl groups excluding tert-OH is 1. The molecular weight excluding hydrogens is 234 g/mol. The first-order valence-electron chi connectivity index (χ1n) is 8.46. The fourth-order valence-electron chi connectivity index (χ4n) is 3.64. The molecule has 0 heterocycles. The molecule has 0 amide bonds. The normalized spacial score (nSPS) is 25.6. The summed E-state index contributed by atoms with van der Waals surface area (Å²) in [5.74, 6) is 1.71. The minimum atomic E-state index is 0.341. The van der Waals surface area contributed by atoms with Crippen molar-refractivity contribution in [3.8, 4) is 0 Å². The number of hydrogen-bond donors (Lipinski definition) is 1. The predicted molar refractivity (Wildman–Crippen MR) is 83.4 cm³/mol. The van der Waals surface area contributed by atoms with Gasteiger partial charge in [0.15, 0.2) is 0 Å². The second-order valence-electron chi connectivity index (χ2n) is 6.86. The standard InChI is InChI=1S/C17H35NO/c1-15(2)14-16-10-6-4-5-7-11-17(16)18(3)12-8-9-13-19/h15-17,19H,4-14H2,1-3H3. The molecule has 114 valence electrons. The topological polar surface area (TPSA) is 23.5 Å². The maximum absolute atomic E-state index is 8.92. The van der Waals surface area contributed by atoms with Crippen molar-refractivity contribution in [3.05, 3.63) is 0 Å². The van der Waals surface area contributed by atoms with Crippen molar-refractivity contribution in [2.24, 2.45) is 11.8 Å². The molecule has 1 N–H and O–H groups in total. The summed E-state index contributed by atoms with van der Waals surface area (Å²) in [7, 11) is 2.30. The van der Waals surface area contributed by atoms with Crippen LogP contribution in [-0.4, -0.2) is 36.2 Å². The minimum absolute atomic E-state index is 0.341. The van der Waals surface area contributed by atoms with Gasteiger partial charge >= 0.3 is 0 Å². The molecule has 0 spiro atoms. The lowest BCUT2D eigenvalue weighted by molar-refractivity contribution is 0.125.